The number of benzene rings is 3. The van der Waals surface area contributed by atoms with Gasteiger partial charge in [-0.1, -0.05) is 61.0 Å². The van der Waals surface area contributed by atoms with Crippen molar-refractivity contribution in [3.8, 4) is 5.75 Å². The fraction of sp³-hybridized carbons (Fsp3) is 0.257. The number of phenolic OH excluding ortho intramolecular Hbond substituents is 1. The molecule has 0 bridgehead atoms. The zero-order chi connectivity index (χ0) is 28.6. The Hall–Kier alpha value is -4.58. The maximum atomic E-state index is 14.1. The van der Waals surface area contributed by atoms with E-state index in [0.29, 0.717) is 34.4 Å². The number of hydrogen-bond acceptors (Lipinski definition) is 5. The number of imide groups is 1. The van der Waals surface area contributed by atoms with E-state index in [2.05, 4.69) is 0 Å². The van der Waals surface area contributed by atoms with Gasteiger partial charge in [0, 0.05) is 28.2 Å². The lowest BCUT2D eigenvalue weighted by Crippen LogP contribution is -2.40. The number of amides is 2. The molecule has 6 heteroatoms. The third-order valence-corrected chi connectivity index (χ3v) is 9.40. The molecular weight excluding hydrogens is 514 g/mol. The topological polar surface area (TPSA) is 91.8 Å². The predicted molar refractivity (Wildman–Crippen MR) is 155 cm³/mol. The molecule has 2 amide bonds. The third kappa shape index (κ3) is 3.63. The molecule has 3 aromatic carbocycles. The van der Waals surface area contributed by atoms with E-state index in [-0.39, 0.29) is 35.6 Å². The number of ketones is 2. The molecular formula is C35H29NO5. The second kappa shape index (κ2) is 9.23. The molecule has 0 radical (unpaired) electrons. The van der Waals surface area contributed by atoms with Crippen LogP contribution in [0.1, 0.15) is 43.7 Å². The normalized spacial score (nSPS) is 25.7. The van der Waals surface area contributed by atoms with Gasteiger partial charge in [0.2, 0.25) is 11.8 Å². The highest BCUT2D eigenvalue weighted by atomic mass is 16.3. The van der Waals surface area contributed by atoms with Crippen LogP contribution in [0.3, 0.4) is 0 Å². The smallest absolute Gasteiger partial charge is 0.238 e. The molecule has 0 saturated carbocycles. The molecule has 4 aliphatic rings. The summed E-state index contributed by atoms with van der Waals surface area (Å²) in [5.74, 6) is -3.28. The van der Waals surface area contributed by atoms with E-state index in [1.165, 1.54) is 11.0 Å². The molecule has 0 spiro atoms. The van der Waals surface area contributed by atoms with Crippen molar-refractivity contribution in [2.24, 2.45) is 17.8 Å². The van der Waals surface area contributed by atoms with E-state index in [1.807, 2.05) is 67.6 Å². The summed E-state index contributed by atoms with van der Waals surface area (Å²) >= 11 is 0. The van der Waals surface area contributed by atoms with Gasteiger partial charge in [-0.05, 0) is 72.7 Å². The number of carbonyl (C=O) groups excluding carboxylic acids is 4. The van der Waals surface area contributed by atoms with Crippen LogP contribution in [0.2, 0.25) is 0 Å². The minimum Gasteiger partial charge on any atom is -0.508 e. The van der Waals surface area contributed by atoms with Gasteiger partial charge in [0.1, 0.15) is 5.75 Å². The van der Waals surface area contributed by atoms with Crippen LogP contribution in [0.5, 0.6) is 5.75 Å². The fourth-order valence-electron chi connectivity index (χ4n) is 7.42. The van der Waals surface area contributed by atoms with Crippen LogP contribution in [0.25, 0.3) is 10.8 Å². The summed E-state index contributed by atoms with van der Waals surface area (Å²) in [6.45, 7) is 3.69. The van der Waals surface area contributed by atoms with E-state index in [1.54, 1.807) is 13.0 Å². The van der Waals surface area contributed by atoms with Crippen molar-refractivity contribution in [3.05, 3.63) is 106 Å². The highest BCUT2D eigenvalue weighted by Crippen LogP contribution is 2.57. The molecule has 0 aromatic heterocycles. The summed E-state index contributed by atoms with van der Waals surface area (Å²) < 4.78 is 0. The maximum Gasteiger partial charge on any atom is 0.238 e. The Morgan fingerprint density at radius 1 is 0.902 bits per heavy atom. The van der Waals surface area contributed by atoms with Gasteiger partial charge in [-0.15, -0.1) is 0 Å². The summed E-state index contributed by atoms with van der Waals surface area (Å²) in [5.41, 5.74) is 4.18. The van der Waals surface area contributed by atoms with E-state index in [9.17, 15) is 24.3 Å². The predicted octanol–water partition coefficient (Wildman–Crippen LogP) is 5.74. The van der Waals surface area contributed by atoms with E-state index in [0.717, 1.165) is 28.3 Å². The molecule has 6 nitrogen and oxygen atoms in total. The molecule has 1 aliphatic heterocycles. The van der Waals surface area contributed by atoms with Crippen molar-refractivity contribution in [1.29, 1.82) is 0 Å². The number of carbonyl (C=O) groups is 4. The number of allylic oxidation sites excluding steroid dienone is 6. The first-order chi connectivity index (χ1) is 19.8. The summed E-state index contributed by atoms with van der Waals surface area (Å²) in [7, 11) is 0. The Kier molecular flexibility index (Phi) is 5.72. The number of hydrogen-bond donors (Lipinski definition) is 1. The molecule has 3 aliphatic carbocycles. The Morgan fingerprint density at radius 2 is 1.66 bits per heavy atom. The van der Waals surface area contributed by atoms with Crippen molar-refractivity contribution in [2.45, 2.75) is 39.0 Å². The number of aromatic hydroxyl groups is 1. The third-order valence-electron chi connectivity index (χ3n) is 9.40. The van der Waals surface area contributed by atoms with Crippen LogP contribution in [-0.4, -0.2) is 28.5 Å². The Labute approximate surface area is 237 Å². The first kappa shape index (κ1) is 25.4. The van der Waals surface area contributed by atoms with Crippen LogP contribution in [0.15, 0.2) is 95.1 Å². The van der Waals surface area contributed by atoms with Gasteiger partial charge >= 0.3 is 0 Å². The standard InChI is InChI=1S/C35H29NO5/c1-3-19-8-11-21(12-9-19)36-34(40)24-14-13-23-25(29(24)35(36)41)17-26-28(38)16-18(2)33(39)32(26)31(23)30-22-7-5-4-6-20(22)10-15-27(30)37/h4-13,15-16,24-25,29,31,37H,3,14,17H2,1-2H3/t24-,25+,29-,31+/m0/s1. The zero-order valence-corrected chi connectivity index (χ0v) is 22.9. The van der Waals surface area contributed by atoms with E-state index >= 15 is 0 Å². The van der Waals surface area contributed by atoms with E-state index < -0.39 is 23.7 Å². The largest absolute Gasteiger partial charge is 0.508 e. The van der Waals surface area contributed by atoms with Crippen LogP contribution >= 0.6 is 0 Å². The second-order valence-electron chi connectivity index (χ2n) is 11.5. The van der Waals surface area contributed by atoms with Crippen LogP contribution in [0, 0.1) is 17.8 Å². The molecule has 7 rings (SSSR count). The number of nitrogens with zero attached hydrogens (tertiary/aromatic N) is 1. The lowest BCUT2D eigenvalue weighted by atomic mass is 9.59. The Bertz CT molecular complexity index is 1790. The molecule has 0 unspecified atom stereocenters. The molecule has 1 fully saturated rings. The van der Waals surface area contributed by atoms with Crippen molar-refractivity contribution in [3.63, 3.8) is 0 Å². The van der Waals surface area contributed by atoms with Crippen molar-refractivity contribution in [2.75, 3.05) is 4.90 Å². The van der Waals surface area contributed by atoms with Crippen LogP contribution in [0.4, 0.5) is 5.69 Å². The lowest BCUT2D eigenvalue weighted by molar-refractivity contribution is -0.123. The number of fused-ring (bicyclic) bond motifs is 4. The fourth-order valence-corrected chi connectivity index (χ4v) is 7.42. The van der Waals surface area contributed by atoms with Gasteiger partial charge in [-0.3, -0.25) is 24.1 Å². The Morgan fingerprint density at radius 3 is 2.41 bits per heavy atom. The highest BCUT2D eigenvalue weighted by molar-refractivity contribution is 6.25. The second-order valence-corrected chi connectivity index (χ2v) is 11.5. The van der Waals surface area contributed by atoms with Crippen molar-refractivity contribution < 1.29 is 24.3 Å². The first-order valence-corrected chi connectivity index (χ1v) is 14.2. The highest BCUT2D eigenvalue weighted by Gasteiger charge is 2.57. The minimum absolute atomic E-state index is 0.0307. The maximum absolute atomic E-state index is 14.1. The van der Waals surface area contributed by atoms with Crippen LogP contribution in [-0.2, 0) is 25.6 Å². The quantitative estimate of drug-likeness (QED) is 0.258. The summed E-state index contributed by atoms with van der Waals surface area (Å²) in [4.78, 5) is 56.3. The number of Topliss-reactive ketones (excluding diaryl/α,β-unsaturated/α-hetero) is 1. The SMILES string of the molecule is CCc1ccc(N2C(=O)[C@H]3[C@H](CC=C4[C@H](c5c(O)ccc6ccccc56)C5=C(C[C@H]43)C(=O)C=C(C)C5=O)C2=O)cc1. The molecule has 1 N–H and O–H groups in total. The van der Waals surface area contributed by atoms with Crippen LogP contribution < -0.4 is 4.90 Å². The molecule has 1 saturated heterocycles. The van der Waals surface area contributed by atoms with E-state index in [4.69, 9.17) is 0 Å². The van der Waals surface area contributed by atoms with Gasteiger partial charge in [0.15, 0.2) is 11.6 Å². The number of phenols is 1. The van der Waals surface area contributed by atoms with Gasteiger partial charge in [0.25, 0.3) is 0 Å². The van der Waals surface area contributed by atoms with Crippen molar-refractivity contribution in [1.82, 2.24) is 0 Å². The van der Waals surface area contributed by atoms with Gasteiger partial charge in [0.05, 0.1) is 17.5 Å². The van der Waals surface area contributed by atoms with Gasteiger partial charge < -0.3 is 5.11 Å². The number of anilines is 1. The Balaban J connectivity index is 1.40. The summed E-state index contributed by atoms with van der Waals surface area (Å²) in [5, 5.41) is 13.0. The van der Waals surface area contributed by atoms with Gasteiger partial charge in [-0.2, -0.15) is 0 Å². The van der Waals surface area contributed by atoms with Crippen molar-refractivity contribution >= 4 is 39.8 Å². The summed E-state index contributed by atoms with van der Waals surface area (Å²) in [6.07, 6.45) is 4.77. The molecule has 3 aromatic rings. The summed E-state index contributed by atoms with van der Waals surface area (Å²) in [6, 6.07) is 18.6. The number of aryl methyl sites for hydroxylation is 1. The average molecular weight is 544 g/mol. The average Bonchev–Trinajstić information content (AvgIpc) is 3.24. The number of rotatable bonds is 3. The zero-order valence-electron chi connectivity index (χ0n) is 22.9. The monoisotopic (exact) mass is 543 g/mol. The molecule has 204 valence electrons. The molecule has 41 heavy (non-hydrogen) atoms. The minimum atomic E-state index is -0.698. The lowest BCUT2D eigenvalue weighted by Gasteiger charge is -2.42. The molecule has 4 atom stereocenters. The first-order valence-electron chi connectivity index (χ1n) is 14.2. The van der Waals surface area contributed by atoms with Gasteiger partial charge in [-0.25, -0.2) is 0 Å². The molecule has 1 heterocycles.